The molecule has 2 N–H and O–H groups in total. The Labute approximate surface area is 88.7 Å². The summed E-state index contributed by atoms with van der Waals surface area (Å²) in [5.41, 5.74) is 0. The molecule has 0 aliphatic carbocycles. The Morgan fingerprint density at radius 3 is 1.93 bits per heavy atom. The minimum absolute atomic E-state index is 0.291. The van der Waals surface area contributed by atoms with E-state index in [4.69, 9.17) is 19.3 Å². The fourth-order valence-corrected chi connectivity index (χ4v) is 1.36. The van der Waals surface area contributed by atoms with Crippen molar-refractivity contribution < 1.29 is 29.2 Å². The van der Waals surface area contributed by atoms with Crippen LogP contribution < -0.4 is 0 Å². The highest BCUT2D eigenvalue weighted by molar-refractivity contribution is 5.56. The average Bonchev–Trinajstić information content (AvgIpc) is 2.28. The fourth-order valence-electron chi connectivity index (χ4n) is 1.36. The molecule has 0 saturated heterocycles. The zero-order valence-electron chi connectivity index (χ0n) is 9.12. The Morgan fingerprint density at radius 2 is 1.67 bits per heavy atom. The molecule has 6 nitrogen and oxygen atoms in total. The van der Waals surface area contributed by atoms with Gasteiger partial charge in [0.2, 0.25) is 0 Å². The summed E-state index contributed by atoms with van der Waals surface area (Å²) < 4.78 is 14.9. The van der Waals surface area contributed by atoms with Gasteiger partial charge in [0.05, 0.1) is 6.61 Å². The third kappa shape index (κ3) is 3.84. The smallest absolute Gasteiger partial charge is 0.151 e. The number of aliphatic hydroxyl groups excluding tert-OH is 2. The molecule has 0 rings (SSSR count). The molecule has 0 unspecified atom stereocenters. The zero-order chi connectivity index (χ0) is 11.8. The van der Waals surface area contributed by atoms with Gasteiger partial charge in [-0.3, -0.25) is 0 Å². The van der Waals surface area contributed by atoms with Gasteiger partial charge in [-0.1, -0.05) is 0 Å². The molecule has 0 radical (unpaired) electrons. The number of carbonyl (C=O) groups excluding carboxylic acids is 1. The molecule has 15 heavy (non-hydrogen) atoms. The van der Waals surface area contributed by atoms with Crippen LogP contribution in [0.15, 0.2) is 0 Å². The van der Waals surface area contributed by atoms with Gasteiger partial charge in [0.25, 0.3) is 0 Å². The van der Waals surface area contributed by atoms with Crippen LogP contribution in [0.3, 0.4) is 0 Å². The summed E-state index contributed by atoms with van der Waals surface area (Å²) in [6.07, 6.45) is -3.21. The van der Waals surface area contributed by atoms with E-state index in [0.717, 1.165) is 0 Å². The first kappa shape index (κ1) is 14.5. The average molecular weight is 222 g/mol. The summed E-state index contributed by atoms with van der Waals surface area (Å²) in [4.78, 5) is 10.4. The predicted molar refractivity (Wildman–Crippen MR) is 51.5 cm³/mol. The Kier molecular flexibility index (Phi) is 7.45. The maximum Gasteiger partial charge on any atom is 0.151 e. The fraction of sp³-hybridized carbons (Fsp3) is 0.889. The van der Waals surface area contributed by atoms with Gasteiger partial charge in [0.1, 0.15) is 24.4 Å². The van der Waals surface area contributed by atoms with Gasteiger partial charge < -0.3 is 29.2 Å². The van der Waals surface area contributed by atoms with E-state index in [1.807, 2.05) is 0 Å². The van der Waals surface area contributed by atoms with Crippen molar-refractivity contribution in [3.8, 4) is 0 Å². The van der Waals surface area contributed by atoms with Gasteiger partial charge in [-0.15, -0.1) is 0 Å². The van der Waals surface area contributed by atoms with Crippen molar-refractivity contribution in [1.29, 1.82) is 0 Å². The van der Waals surface area contributed by atoms with Gasteiger partial charge in [-0.25, -0.2) is 0 Å². The standard InChI is InChI=1S/C9H18O6/c1-13-7(5-11)9(15-3)8(14-2)6(12)4-10/h4,6-9,11-12H,5H2,1-3H3/t6-,7+,8+,9+/m0/s1. The SMILES string of the molecule is CO[C@@H]([C@H](OC)[C@@H](CO)OC)[C@@H](O)C=O. The summed E-state index contributed by atoms with van der Waals surface area (Å²) in [5, 5.41) is 18.3. The van der Waals surface area contributed by atoms with Crippen molar-refractivity contribution in [2.24, 2.45) is 0 Å². The molecule has 0 spiro atoms. The maximum absolute atomic E-state index is 10.4. The van der Waals surface area contributed by atoms with Crippen LogP contribution in [0.2, 0.25) is 0 Å². The molecule has 0 aromatic rings. The second-order valence-corrected chi connectivity index (χ2v) is 2.98. The van der Waals surface area contributed by atoms with Crippen LogP contribution in [0.5, 0.6) is 0 Å². The van der Waals surface area contributed by atoms with Crippen molar-refractivity contribution in [2.45, 2.75) is 24.4 Å². The first-order chi connectivity index (χ1) is 7.15. The summed E-state index contributed by atoms with van der Waals surface area (Å²) in [7, 11) is 4.12. The van der Waals surface area contributed by atoms with Crippen molar-refractivity contribution in [2.75, 3.05) is 27.9 Å². The van der Waals surface area contributed by atoms with Crippen LogP contribution in [0, 0.1) is 0 Å². The molecular formula is C9H18O6. The van der Waals surface area contributed by atoms with E-state index in [1.54, 1.807) is 0 Å². The molecule has 0 amide bonds. The Morgan fingerprint density at radius 1 is 1.13 bits per heavy atom. The summed E-state index contributed by atoms with van der Waals surface area (Å²) >= 11 is 0. The third-order valence-corrected chi connectivity index (χ3v) is 2.19. The third-order valence-electron chi connectivity index (χ3n) is 2.19. The number of aliphatic hydroxyl groups is 2. The van der Waals surface area contributed by atoms with Crippen molar-refractivity contribution in [3.63, 3.8) is 0 Å². The predicted octanol–water partition coefficient (Wildman–Crippen LogP) is -1.42. The van der Waals surface area contributed by atoms with Crippen LogP contribution in [-0.2, 0) is 19.0 Å². The number of ether oxygens (including phenoxy) is 3. The van der Waals surface area contributed by atoms with E-state index >= 15 is 0 Å². The summed E-state index contributed by atoms with van der Waals surface area (Å²) in [6.45, 7) is -0.291. The van der Waals surface area contributed by atoms with Crippen LogP contribution in [0.25, 0.3) is 0 Å². The minimum Gasteiger partial charge on any atom is -0.394 e. The van der Waals surface area contributed by atoms with Crippen molar-refractivity contribution in [1.82, 2.24) is 0 Å². The molecule has 0 aromatic carbocycles. The number of aldehydes is 1. The lowest BCUT2D eigenvalue weighted by Crippen LogP contribution is -2.49. The number of carbonyl (C=O) groups is 1. The normalized spacial score (nSPS) is 19.3. The van der Waals surface area contributed by atoms with E-state index in [1.165, 1.54) is 21.3 Å². The maximum atomic E-state index is 10.4. The van der Waals surface area contributed by atoms with Crippen LogP contribution in [0.1, 0.15) is 0 Å². The number of hydrogen-bond acceptors (Lipinski definition) is 6. The van der Waals surface area contributed by atoms with Gasteiger partial charge in [-0.2, -0.15) is 0 Å². The lowest BCUT2D eigenvalue weighted by Gasteiger charge is -2.30. The molecule has 0 aromatic heterocycles. The highest BCUT2D eigenvalue weighted by Gasteiger charge is 2.34. The molecule has 90 valence electrons. The van der Waals surface area contributed by atoms with E-state index in [9.17, 15) is 9.90 Å². The van der Waals surface area contributed by atoms with Gasteiger partial charge >= 0.3 is 0 Å². The molecule has 0 saturated carbocycles. The van der Waals surface area contributed by atoms with Gasteiger partial charge in [0.15, 0.2) is 6.29 Å². The lowest BCUT2D eigenvalue weighted by molar-refractivity contribution is -0.155. The second-order valence-electron chi connectivity index (χ2n) is 2.98. The number of rotatable bonds is 8. The minimum atomic E-state index is -1.32. The molecule has 0 bridgehead atoms. The molecular weight excluding hydrogens is 204 g/mol. The largest absolute Gasteiger partial charge is 0.394 e. The van der Waals surface area contributed by atoms with Crippen LogP contribution >= 0.6 is 0 Å². The van der Waals surface area contributed by atoms with E-state index in [2.05, 4.69) is 0 Å². The van der Waals surface area contributed by atoms with Gasteiger partial charge in [-0.05, 0) is 0 Å². The first-order valence-electron chi connectivity index (χ1n) is 4.48. The molecule has 0 heterocycles. The monoisotopic (exact) mass is 222 g/mol. The van der Waals surface area contributed by atoms with Crippen molar-refractivity contribution >= 4 is 6.29 Å². The molecule has 4 atom stereocenters. The molecule has 0 aliphatic heterocycles. The van der Waals surface area contributed by atoms with Crippen molar-refractivity contribution in [3.05, 3.63) is 0 Å². The van der Waals surface area contributed by atoms with Gasteiger partial charge in [0, 0.05) is 21.3 Å². The molecule has 6 heteroatoms. The lowest BCUT2D eigenvalue weighted by atomic mass is 10.0. The summed E-state index contributed by atoms with van der Waals surface area (Å²) in [5.74, 6) is 0. The number of methoxy groups -OCH3 is 3. The first-order valence-corrected chi connectivity index (χ1v) is 4.48. The number of hydrogen-bond donors (Lipinski definition) is 2. The van der Waals surface area contributed by atoms with E-state index in [-0.39, 0.29) is 6.61 Å². The highest BCUT2D eigenvalue weighted by atomic mass is 16.6. The Balaban J connectivity index is 4.64. The van der Waals surface area contributed by atoms with E-state index in [0.29, 0.717) is 6.29 Å². The molecule has 0 fully saturated rings. The molecule has 0 aliphatic rings. The second kappa shape index (κ2) is 7.72. The Bertz CT molecular complexity index is 170. The highest BCUT2D eigenvalue weighted by Crippen LogP contribution is 2.13. The van der Waals surface area contributed by atoms with Crippen LogP contribution in [0.4, 0.5) is 0 Å². The Hall–Kier alpha value is -0.530. The topological polar surface area (TPSA) is 85.2 Å². The quantitative estimate of drug-likeness (QED) is 0.490. The zero-order valence-corrected chi connectivity index (χ0v) is 9.12. The summed E-state index contributed by atoms with van der Waals surface area (Å²) in [6, 6.07) is 0. The van der Waals surface area contributed by atoms with Crippen LogP contribution in [-0.4, -0.2) is 68.9 Å². The van der Waals surface area contributed by atoms with E-state index < -0.39 is 24.4 Å².